The van der Waals surface area contributed by atoms with E-state index in [-0.39, 0.29) is 34.9 Å². The standard InChI is InChI=1S/C19H17ClF2N2O4/c20-15-8-13(3-4-16(15)21)24(19(28)23-6-5-14(25)10-23)9-12-2-1-11(18(26)27)7-17(12)22/h1-4,7-8,14,25H,5-6,9-10H2,(H,26,27). The number of hydrogen-bond donors (Lipinski definition) is 2. The van der Waals surface area contributed by atoms with Crippen molar-refractivity contribution in [3.05, 3.63) is 64.2 Å². The molecule has 6 nitrogen and oxygen atoms in total. The van der Waals surface area contributed by atoms with E-state index in [1.165, 1.54) is 34.1 Å². The minimum Gasteiger partial charge on any atom is -0.478 e. The van der Waals surface area contributed by atoms with Crippen LogP contribution in [0.2, 0.25) is 5.02 Å². The molecule has 1 atom stereocenters. The van der Waals surface area contributed by atoms with Crippen molar-refractivity contribution >= 4 is 29.3 Å². The molecule has 2 N–H and O–H groups in total. The molecule has 3 rings (SSSR count). The van der Waals surface area contributed by atoms with E-state index in [0.29, 0.717) is 13.0 Å². The van der Waals surface area contributed by atoms with Gasteiger partial charge in [-0.1, -0.05) is 17.7 Å². The van der Waals surface area contributed by atoms with Gasteiger partial charge in [-0.2, -0.15) is 0 Å². The number of halogens is 3. The third-order valence-electron chi connectivity index (χ3n) is 4.51. The minimum atomic E-state index is -1.27. The normalized spacial score (nSPS) is 16.3. The number of aromatic carboxylic acids is 1. The summed E-state index contributed by atoms with van der Waals surface area (Å²) in [7, 11) is 0. The third-order valence-corrected chi connectivity index (χ3v) is 4.80. The maximum Gasteiger partial charge on any atom is 0.335 e. The molecule has 1 heterocycles. The number of carboxylic acids is 1. The first-order chi connectivity index (χ1) is 13.3. The molecular formula is C19H17ClF2N2O4. The molecule has 1 aliphatic heterocycles. The predicted octanol–water partition coefficient (Wildman–Crippen LogP) is 3.51. The van der Waals surface area contributed by atoms with Crippen LogP contribution in [-0.2, 0) is 6.54 Å². The van der Waals surface area contributed by atoms with Crippen LogP contribution in [0, 0.1) is 11.6 Å². The second-order valence-corrected chi connectivity index (χ2v) is 6.87. The number of amides is 2. The van der Waals surface area contributed by atoms with E-state index >= 15 is 0 Å². The van der Waals surface area contributed by atoms with E-state index in [1.807, 2.05) is 0 Å². The molecule has 0 aromatic heterocycles. The van der Waals surface area contributed by atoms with Crippen molar-refractivity contribution in [2.45, 2.75) is 19.1 Å². The van der Waals surface area contributed by atoms with E-state index in [4.69, 9.17) is 16.7 Å². The Balaban J connectivity index is 1.95. The molecule has 0 spiro atoms. The quantitative estimate of drug-likeness (QED) is 0.808. The van der Waals surface area contributed by atoms with Crippen LogP contribution in [0.1, 0.15) is 22.3 Å². The van der Waals surface area contributed by atoms with Gasteiger partial charge in [0.1, 0.15) is 11.6 Å². The average molecular weight is 411 g/mol. The van der Waals surface area contributed by atoms with Crippen molar-refractivity contribution < 1.29 is 28.6 Å². The topological polar surface area (TPSA) is 81.1 Å². The highest BCUT2D eigenvalue weighted by molar-refractivity contribution is 6.31. The molecule has 0 radical (unpaired) electrons. The minimum absolute atomic E-state index is 0.0820. The summed E-state index contributed by atoms with van der Waals surface area (Å²) in [4.78, 5) is 26.6. The number of benzene rings is 2. The van der Waals surface area contributed by atoms with Crippen LogP contribution in [0.15, 0.2) is 36.4 Å². The zero-order chi connectivity index (χ0) is 20.4. The molecule has 1 aliphatic rings. The Morgan fingerprint density at radius 2 is 1.93 bits per heavy atom. The maximum atomic E-state index is 14.4. The molecular weight excluding hydrogens is 394 g/mol. The first-order valence-electron chi connectivity index (χ1n) is 8.47. The Kier molecular flexibility index (Phi) is 5.81. The number of hydrogen-bond acceptors (Lipinski definition) is 3. The van der Waals surface area contributed by atoms with E-state index in [0.717, 1.165) is 12.1 Å². The molecule has 2 amide bonds. The van der Waals surface area contributed by atoms with Gasteiger partial charge in [-0.25, -0.2) is 18.4 Å². The molecule has 9 heteroatoms. The number of aliphatic hydroxyl groups is 1. The van der Waals surface area contributed by atoms with Crippen molar-refractivity contribution in [2.24, 2.45) is 0 Å². The Morgan fingerprint density at radius 1 is 1.18 bits per heavy atom. The average Bonchev–Trinajstić information content (AvgIpc) is 3.09. The molecule has 1 fully saturated rings. The maximum absolute atomic E-state index is 14.4. The van der Waals surface area contributed by atoms with Crippen LogP contribution < -0.4 is 4.90 Å². The van der Waals surface area contributed by atoms with Crippen LogP contribution in [0.4, 0.5) is 19.3 Å². The van der Waals surface area contributed by atoms with Gasteiger partial charge in [0.15, 0.2) is 0 Å². The Hall–Kier alpha value is -2.71. The second-order valence-electron chi connectivity index (χ2n) is 6.47. The summed E-state index contributed by atoms with van der Waals surface area (Å²) in [5.41, 5.74) is 0.115. The van der Waals surface area contributed by atoms with Gasteiger partial charge in [0.05, 0.1) is 23.2 Å². The largest absolute Gasteiger partial charge is 0.478 e. The van der Waals surface area contributed by atoms with E-state index in [9.17, 15) is 23.5 Å². The number of carbonyl (C=O) groups excluding carboxylic acids is 1. The summed E-state index contributed by atoms with van der Waals surface area (Å²) < 4.78 is 27.9. The fourth-order valence-corrected chi connectivity index (χ4v) is 3.16. The lowest BCUT2D eigenvalue weighted by Crippen LogP contribution is -2.42. The fraction of sp³-hybridized carbons (Fsp3) is 0.263. The van der Waals surface area contributed by atoms with Crippen LogP contribution in [-0.4, -0.2) is 46.3 Å². The lowest BCUT2D eigenvalue weighted by molar-refractivity contribution is 0.0696. The van der Waals surface area contributed by atoms with Crippen molar-refractivity contribution in [1.29, 1.82) is 0 Å². The molecule has 1 saturated heterocycles. The Bertz CT molecular complexity index is 925. The number of nitrogens with zero attached hydrogens (tertiary/aromatic N) is 2. The Morgan fingerprint density at radius 3 is 2.50 bits per heavy atom. The van der Waals surface area contributed by atoms with Crippen molar-refractivity contribution in [2.75, 3.05) is 18.0 Å². The highest BCUT2D eigenvalue weighted by Gasteiger charge is 2.30. The third kappa shape index (κ3) is 4.23. The van der Waals surface area contributed by atoms with E-state index in [2.05, 4.69) is 0 Å². The number of aliphatic hydroxyl groups excluding tert-OH is 1. The number of carbonyl (C=O) groups is 2. The monoisotopic (exact) mass is 410 g/mol. The second kappa shape index (κ2) is 8.12. The number of rotatable bonds is 4. The van der Waals surface area contributed by atoms with Gasteiger partial charge in [-0.05, 0) is 36.8 Å². The van der Waals surface area contributed by atoms with Crippen molar-refractivity contribution in [3.63, 3.8) is 0 Å². The molecule has 1 unspecified atom stereocenters. The summed E-state index contributed by atoms with van der Waals surface area (Å²) in [6, 6.07) is 6.59. The Labute approximate surface area is 164 Å². The van der Waals surface area contributed by atoms with Crippen LogP contribution >= 0.6 is 11.6 Å². The SMILES string of the molecule is O=C(O)c1ccc(CN(C(=O)N2CCC(O)C2)c2ccc(F)c(Cl)c2)c(F)c1. The summed E-state index contributed by atoms with van der Waals surface area (Å²) >= 11 is 5.83. The smallest absolute Gasteiger partial charge is 0.335 e. The van der Waals surface area contributed by atoms with Crippen LogP contribution in [0.3, 0.4) is 0 Å². The molecule has 0 bridgehead atoms. The fourth-order valence-electron chi connectivity index (χ4n) is 2.99. The molecule has 2 aromatic carbocycles. The zero-order valence-corrected chi connectivity index (χ0v) is 15.4. The molecule has 148 valence electrons. The van der Waals surface area contributed by atoms with Gasteiger partial charge >= 0.3 is 12.0 Å². The van der Waals surface area contributed by atoms with Crippen LogP contribution in [0.25, 0.3) is 0 Å². The van der Waals surface area contributed by atoms with Gasteiger partial charge in [0.25, 0.3) is 0 Å². The summed E-state index contributed by atoms with van der Waals surface area (Å²) in [6.07, 6.45) is -0.222. The van der Waals surface area contributed by atoms with Crippen molar-refractivity contribution in [3.8, 4) is 0 Å². The lowest BCUT2D eigenvalue weighted by atomic mass is 10.1. The number of urea groups is 1. The number of β-amino-alcohol motifs (C(OH)–C–C–N with tert-alkyl or cyclic N) is 1. The zero-order valence-electron chi connectivity index (χ0n) is 14.6. The molecule has 28 heavy (non-hydrogen) atoms. The lowest BCUT2D eigenvalue weighted by Gasteiger charge is -2.28. The number of anilines is 1. The number of carboxylic acid groups (broad SMARTS) is 1. The summed E-state index contributed by atoms with van der Waals surface area (Å²) in [5.74, 6) is -2.71. The van der Waals surface area contributed by atoms with Gasteiger partial charge < -0.3 is 15.1 Å². The van der Waals surface area contributed by atoms with Crippen molar-refractivity contribution in [1.82, 2.24) is 4.90 Å². The first kappa shape index (κ1) is 20.0. The van der Waals surface area contributed by atoms with Gasteiger partial charge in [0, 0.05) is 24.3 Å². The number of likely N-dealkylation sites (tertiary alicyclic amines) is 1. The molecule has 2 aromatic rings. The van der Waals surface area contributed by atoms with Gasteiger partial charge in [0.2, 0.25) is 0 Å². The summed E-state index contributed by atoms with van der Waals surface area (Å²) in [5, 5.41) is 18.5. The van der Waals surface area contributed by atoms with E-state index < -0.39 is 29.7 Å². The predicted molar refractivity (Wildman–Crippen MR) is 98.5 cm³/mol. The molecule has 0 saturated carbocycles. The van der Waals surface area contributed by atoms with E-state index in [1.54, 1.807) is 0 Å². The molecule has 0 aliphatic carbocycles. The van der Waals surface area contributed by atoms with Gasteiger partial charge in [-0.15, -0.1) is 0 Å². The van der Waals surface area contributed by atoms with Crippen LogP contribution in [0.5, 0.6) is 0 Å². The van der Waals surface area contributed by atoms with Gasteiger partial charge in [-0.3, -0.25) is 4.90 Å². The highest BCUT2D eigenvalue weighted by atomic mass is 35.5. The first-order valence-corrected chi connectivity index (χ1v) is 8.85. The highest BCUT2D eigenvalue weighted by Crippen LogP contribution is 2.27. The summed E-state index contributed by atoms with van der Waals surface area (Å²) in [6.45, 7) is 0.232.